The maximum Gasteiger partial charge on any atom is 0.150 e. The maximum atomic E-state index is 12.9. The highest BCUT2D eigenvalue weighted by Crippen LogP contribution is 2.33. The minimum Gasteiger partial charge on any atom is -0.338 e. The normalized spacial score (nSPS) is 11.6. The summed E-state index contributed by atoms with van der Waals surface area (Å²) >= 11 is 0. The van der Waals surface area contributed by atoms with Gasteiger partial charge in [-0.2, -0.15) is 0 Å². The Labute approximate surface area is 120 Å². The Morgan fingerprint density at radius 2 is 1.85 bits per heavy atom. The third-order valence-electron chi connectivity index (χ3n) is 4.31. The molecule has 3 heteroatoms. The van der Waals surface area contributed by atoms with Crippen molar-refractivity contribution in [3.63, 3.8) is 0 Å². The second kappa shape index (κ2) is 6.04. The van der Waals surface area contributed by atoms with Gasteiger partial charge in [-0.15, -0.1) is 0 Å². The molecule has 0 amide bonds. The van der Waals surface area contributed by atoms with Crippen LogP contribution in [0.1, 0.15) is 38.1 Å². The minimum absolute atomic E-state index is 0.253. The van der Waals surface area contributed by atoms with Crippen LogP contribution in [0.25, 0.3) is 0 Å². The van der Waals surface area contributed by atoms with E-state index >= 15 is 0 Å². The van der Waals surface area contributed by atoms with Crippen LogP contribution >= 0.6 is 0 Å². The molecule has 0 bridgehead atoms. The fourth-order valence-corrected chi connectivity index (χ4v) is 2.85. The molecule has 0 fully saturated rings. The molecule has 1 aromatic heterocycles. The maximum absolute atomic E-state index is 12.9. The smallest absolute Gasteiger partial charge is 0.150 e. The van der Waals surface area contributed by atoms with Gasteiger partial charge < -0.3 is 4.57 Å². The van der Waals surface area contributed by atoms with Crippen molar-refractivity contribution in [3.05, 3.63) is 54.1 Å². The first kappa shape index (κ1) is 14.5. The standard InChI is InChI=1S/C17H22N2O/c1-4-17(5-2,14-9-7-6-8-10-14)15(20)13-16-18-11-12-19(16)3/h6-12H,4-5,13H2,1-3H3. The Bertz CT molecular complexity index is 568. The number of benzene rings is 1. The summed E-state index contributed by atoms with van der Waals surface area (Å²) in [5.74, 6) is 1.08. The molecule has 1 aromatic carbocycles. The largest absolute Gasteiger partial charge is 0.338 e. The van der Waals surface area contributed by atoms with Gasteiger partial charge in [0.1, 0.15) is 5.82 Å². The van der Waals surface area contributed by atoms with Crippen molar-refractivity contribution in [2.75, 3.05) is 0 Å². The van der Waals surface area contributed by atoms with E-state index in [1.165, 1.54) is 0 Å². The molecule has 0 atom stereocenters. The van der Waals surface area contributed by atoms with E-state index in [0.29, 0.717) is 6.42 Å². The summed E-state index contributed by atoms with van der Waals surface area (Å²) in [4.78, 5) is 17.2. The van der Waals surface area contributed by atoms with Gasteiger partial charge in [0.15, 0.2) is 5.78 Å². The third-order valence-corrected chi connectivity index (χ3v) is 4.31. The number of carbonyl (C=O) groups excluding carboxylic acids is 1. The lowest BCUT2D eigenvalue weighted by Crippen LogP contribution is -2.36. The number of rotatable bonds is 6. The van der Waals surface area contributed by atoms with E-state index < -0.39 is 5.41 Å². The third kappa shape index (κ3) is 2.53. The molecule has 0 spiro atoms. The average Bonchev–Trinajstić information content (AvgIpc) is 2.87. The monoisotopic (exact) mass is 270 g/mol. The summed E-state index contributed by atoms with van der Waals surface area (Å²) < 4.78 is 1.92. The number of Topliss-reactive ketones (excluding diaryl/α,β-unsaturated/α-hetero) is 1. The van der Waals surface area contributed by atoms with Crippen LogP contribution in [0.3, 0.4) is 0 Å². The molecule has 0 aliphatic heterocycles. The van der Waals surface area contributed by atoms with Crippen molar-refractivity contribution in [1.29, 1.82) is 0 Å². The van der Waals surface area contributed by atoms with E-state index in [1.807, 2.05) is 36.0 Å². The van der Waals surface area contributed by atoms with Crippen molar-refractivity contribution in [1.82, 2.24) is 9.55 Å². The number of aryl methyl sites for hydroxylation is 1. The van der Waals surface area contributed by atoms with Gasteiger partial charge in [-0.3, -0.25) is 4.79 Å². The highest BCUT2D eigenvalue weighted by Gasteiger charge is 2.36. The average molecular weight is 270 g/mol. The molecule has 0 N–H and O–H groups in total. The predicted molar refractivity (Wildman–Crippen MR) is 80.6 cm³/mol. The fourth-order valence-electron chi connectivity index (χ4n) is 2.85. The van der Waals surface area contributed by atoms with Crippen LogP contribution in [0.5, 0.6) is 0 Å². The van der Waals surface area contributed by atoms with Gasteiger partial charge in [-0.1, -0.05) is 44.2 Å². The van der Waals surface area contributed by atoms with Crippen molar-refractivity contribution < 1.29 is 4.79 Å². The van der Waals surface area contributed by atoms with E-state index in [1.54, 1.807) is 6.20 Å². The lowest BCUT2D eigenvalue weighted by atomic mass is 9.71. The van der Waals surface area contributed by atoms with Gasteiger partial charge >= 0.3 is 0 Å². The SMILES string of the molecule is CCC(CC)(C(=O)Cc1nccn1C)c1ccccc1. The molecule has 3 nitrogen and oxygen atoms in total. The van der Waals surface area contributed by atoms with Crippen LogP contribution in [0, 0.1) is 0 Å². The first-order valence-corrected chi connectivity index (χ1v) is 7.19. The predicted octanol–water partition coefficient (Wildman–Crippen LogP) is 3.29. The first-order chi connectivity index (χ1) is 9.64. The number of imidazole rings is 1. The van der Waals surface area contributed by atoms with Gasteiger partial charge in [0.05, 0.1) is 11.8 Å². The van der Waals surface area contributed by atoms with Crippen LogP contribution in [-0.2, 0) is 23.7 Å². The highest BCUT2D eigenvalue weighted by molar-refractivity contribution is 5.91. The Kier molecular flexibility index (Phi) is 4.38. The van der Waals surface area contributed by atoms with Gasteiger partial charge in [-0.25, -0.2) is 4.98 Å². The molecule has 20 heavy (non-hydrogen) atoms. The molecule has 0 saturated carbocycles. The van der Waals surface area contributed by atoms with Crippen molar-refractivity contribution in [2.24, 2.45) is 7.05 Å². The molecule has 0 aliphatic carbocycles. The lowest BCUT2D eigenvalue weighted by Gasteiger charge is -2.30. The Balaban J connectivity index is 2.33. The van der Waals surface area contributed by atoms with E-state index in [0.717, 1.165) is 24.2 Å². The second-order valence-electron chi connectivity index (χ2n) is 5.21. The van der Waals surface area contributed by atoms with Gasteiger partial charge in [0.25, 0.3) is 0 Å². The van der Waals surface area contributed by atoms with Gasteiger partial charge in [-0.05, 0) is 18.4 Å². The first-order valence-electron chi connectivity index (χ1n) is 7.19. The second-order valence-corrected chi connectivity index (χ2v) is 5.21. The van der Waals surface area contributed by atoms with Crippen LogP contribution in [0.2, 0.25) is 0 Å². The molecule has 0 aliphatic rings. The molecular formula is C17H22N2O. The Morgan fingerprint density at radius 3 is 2.35 bits per heavy atom. The van der Waals surface area contributed by atoms with E-state index in [9.17, 15) is 4.79 Å². The number of ketones is 1. The number of hydrogen-bond acceptors (Lipinski definition) is 2. The topological polar surface area (TPSA) is 34.9 Å². The van der Waals surface area contributed by atoms with Crippen molar-refractivity contribution >= 4 is 5.78 Å². The summed E-state index contributed by atoms with van der Waals surface area (Å²) in [7, 11) is 1.93. The van der Waals surface area contributed by atoms with Crippen LogP contribution in [0.4, 0.5) is 0 Å². The quantitative estimate of drug-likeness (QED) is 0.807. The van der Waals surface area contributed by atoms with Gasteiger partial charge in [0.2, 0.25) is 0 Å². The zero-order chi connectivity index (χ0) is 14.6. The molecule has 2 rings (SSSR count). The molecule has 106 valence electrons. The molecule has 1 heterocycles. The summed E-state index contributed by atoms with van der Waals surface area (Å²) in [6.07, 6.45) is 5.64. The number of nitrogens with zero attached hydrogens (tertiary/aromatic N) is 2. The summed E-state index contributed by atoms with van der Waals surface area (Å²) in [6.45, 7) is 4.18. The van der Waals surface area contributed by atoms with Crippen molar-refractivity contribution in [2.45, 2.75) is 38.5 Å². The zero-order valence-electron chi connectivity index (χ0n) is 12.5. The Hall–Kier alpha value is -1.90. The van der Waals surface area contributed by atoms with E-state index in [-0.39, 0.29) is 5.78 Å². The molecule has 2 aromatic rings. The molecule has 0 unspecified atom stereocenters. The summed E-state index contributed by atoms with van der Waals surface area (Å²) in [5.41, 5.74) is 0.719. The van der Waals surface area contributed by atoms with Gasteiger partial charge in [0, 0.05) is 19.4 Å². The number of hydrogen-bond donors (Lipinski definition) is 0. The molecule has 0 saturated heterocycles. The van der Waals surface area contributed by atoms with Crippen LogP contribution in [0.15, 0.2) is 42.7 Å². The molecule has 0 radical (unpaired) electrons. The minimum atomic E-state index is -0.396. The Morgan fingerprint density at radius 1 is 1.20 bits per heavy atom. The number of aromatic nitrogens is 2. The van der Waals surface area contributed by atoms with Crippen LogP contribution in [-0.4, -0.2) is 15.3 Å². The number of carbonyl (C=O) groups is 1. The lowest BCUT2D eigenvalue weighted by molar-refractivity contribution is -0.124. The zero-order valence-corrected chi connectivity index (χ0v) is 12.5. The van der Waals surface area contributed by atoms with E-state index in [4.69, 9.17) is 0 Å². The van der Waals surface area contributed by atoms with E-state index in [2.05, 4.69) is 31.0 Å². The summed E-state index contributed by atoms with van der Waals surface area (Å²) in [5, 5.41) is 0. The van der Waals surface area contributed by atoms with Crippen molar-refractivity contribution in [3.8, 4) is 0 Å². The van der Waals surface area contributed by atoms with Crippen LogP contribution < -0.4 is 0 Å². The summed E-state index contributed by atoms with van der Waals surface area (Å²) in [6, 6.07) is 10.1. The fraction of sp³-hybridized carbons (Fsp3) is 0.412. The molecular weight excluding hydrogens is 248 g/mol. The highest BCUT2D eigenvalue weighted by atomic mass is 16.1.